The van der Waals surface area contributed by atoms with Crippen LogP contribution in [0.2, 0.25) is 0 Å². The van der Waals surface area contributed by atoms with Crippen molar-refractivity contribution in [1.29, 1.82) is 0 Å². The molecule has 0 saturated heterocycles. The van der Waals surface area contributed by atoms with E-state index in [1.54, 1.807) is 42.9 Å². The zero-order chi connectivity index (χ0) is 16.5. The molecule has 3 aromatic heterocycles. The molecular weight excluding hydrogens is 311 g/mol. The van der Waals surface area contributed by atoms with Gasteiger partial charge in [0.25, 0.3) is 11.7 Å². The maximum absolute atomic E-state index is 14.5. The van der Waals surface area contributed by atoms with Crippen molar-refractivity contribution in [1.82, 2.24) is 29.9 Å². The Morgan fingerprint density at radius 2 is 2.04 bits per heavy atom. The Morgan fingerprint density at radius 3 is 2.92 bits per heavy atom. The molecule has 0 unspecified atom stereocenters. The largest absolute Gasteiger partial charge is 0.345 e. The van der Waals surface area contributed by atoms with E-state index >= 15 is 0 Å². The number of hydrogen-bond acceptors (Lipinski definition) is 5. The SMILES string of the molecule is O=C(NCc1nc2ncccn2n1)c1ccc2ncccc2c1F. The van der Waals surface area contributed by atoms with Crippen molar-refractivity contribution in [2.45, 2.75) is 6.54 Å². The van der Waals surface area contributed by atoms with E-state index in [0.717, 1.165) is 0 Å². The highest BCUT2D eigenvalue weighted by molar-refractivity contribution is 5.98. The predicted molar refractivity (Wildman–Crippen MR) is 83.7 cm³/mol. The summed E-state index contributed by atoms with van der Waals surface area (Å²) >= 11 is 0. The van der Waals surface area contributed by atoms with Crippen molar-refractivity contribution in [3.63, 3.8) is 0 Å². The molecule has 0 fully saturated rings. The first-order chi connectivity index (χ1) is 11.7. The van der Waals surface area contributed by atoms with Gasteiger partial charge in [-0.25, -0.2) is 13.9 Å². The van der Waals surface area contributed by atoms with Crippen LogP contribution in [0.15, 0.2) is 48.9 Å². The monoisotopic (exact) mass is 322 g/mol. The van der Waals surface area contributed by atoms with Crippen LogP contribution in [0.5, 0.6) is 0 Å². The number of rotatable bonds is 3. The molecule has 1 N–H and O–H groups in total. The van der Waals surface area contributed by atoms with Crippen LogP contribution in [0, 0.1) is 5.82 Å². The molecule has 7 nitrogen and oxygen atoms in total. The van der Waals surface area contributed by atoms with Gasteiger partial charge in [0.1, 0.15) is 5.82 Å². The quantitative estimate of drug-likeness (QED) is 0.621. The summed E-state index contributed by atoms with van der Waals surface area (Å²) in [7, 11) is 0. The number of nitrogens with zero attached hydrogens (tertiary/aromatic N) is 5. The van der Waals surface area contributed by atoms with Crippen molar-refractivity contribution in [2.24, 2.45) is 0 Å². The van der Waals surface area contributed by atoms with Crippen LogP contribution < -0.4 is 5.32 Å². The summed E-state index contributed by atoms with van der Waals surface area (Å²) in [6.07, 6.45) is 4.88. The minimum absolute atomic E-state index is 0.0441. The molecule has 118 valence electrons. The molecule has 0 spiro atoms. The average molecular weight is 322 g/mol. The third-order valence-corrected chi connectivity index (χ3v) is 3.53. The number of pyridine rings is 1. The van der Waals surface area contributed by atoms with Crippen molar-refractivity contribution in [3.05, 3.63) is 66.1 Å². The Labute approximate surface area is 135 Å². The summed E-state index contributed by atoms with van der Waals surface area (Å²) in [5.74, 6) is -0.303. The summed E-state index contributed by atoms with van der Waals surface area (Å²) in [5.41, 5.74) is 0.456. The number of amides is 1. The Kier molecular flexibility index (Phi) is 3.34. The minimum atomic E-state index is -0.595. The highest BCUT2D eigenvalue weighted by Gasteiger charge is 2.15. The van der Waals surface area contributed by atoms with Crippen LogP contribution in [0.3, 0.4) is 0 Å². The zero-order valence-corrected chi connectivity index (χ0v) is 12.3. The van der Waals surface area contributed by atoms with Crippen LogP contribution in [0.4, 0.5) is 4.39 Å². The first kappa shape index (κ1) is 14.2. The molecule has 0 aliphatic rings. The molecule has 0 bridgehead atoms. The molecule has 1 aromatic carbocycles. The molecule has 0 aliphatic heterocycles. The smallest absolute Gasteiger partial charge is 0.254 e. The summed E-state index contributed by atoms with van der Waals surface area (Å²) in [5, 5.41) is 7.10. The van der Waals surface area contributed by atoms with E-state index in [1.165, 1.54) is 10.6 Å². The van der Waals surface area contributed by atoms with Gasteiger partial charge in [0.05, 0.1) is 17.6 Å². The summed E-state index contributed by atoms with van der Waals surface area (Å²) in [6, 6.07) is 7.96. The van der Waals surface area contributed by atoms with Crippen molar-refractivity contribution in [2.75, 3.05) is 0 Å². The van der Waals surface area contributed by atoms with E-state index in [2.05, 4.69) is 25.4 Å². The number of aromatic nitrogens is 5. The van der Waals surface area contributed by atoms with Crippen molar-refractivity contribution < 1.29 is 9.18 Å². The lowest BCUT2D eigenvalue weighted by Crippen LogP contribution is -2.24. The van der Waals surface area contributed by atoms with Gasteiger partial charge in [0.2, 0.25) is 0 Å². The molecular formula is C16H11FN6O. The van der Waals surface area contributed by atoms with Crippen LogP contribution in [0.1, 0.15) is 16.2 Å². The molecule has 0 atom stereocenters. The van der Waals surface area contributed by atoms with E-state index in [0.29, 0.717) is 22.5 Å². The first-order valence-electron chi connectivity index (χ1n) is 7.20. The molecule has 24 heavy (non-hydrogen) atoms. The molecule has 8 heteroatoms. The van der Waals surface area contributed by atoms with Gasteiger partial charge in [-0.05, 0) is 30.3 Å². The van der Waals surface area contributed by atoms with Gasteiger partial charge < -0.3 is 5.32 Å². The Morgan fingerprint density at radius 1 is 1.17 bits per heavy atom. The second kappa shape index (κ2) is 5.65. The molecule has 0 saturated carbocycles. The number of nitrogens with one attached hydrogen (secondary N) is 1. The Bertz CT molecular complexity index is 1030. The number of fused-ring (bicyclic) bond motifs is 2. The van der Waals surface area contributed by atoms with Crippen LogP contribution in [-0.2, 0) is 6.54 Å². The number of carbonyl (C=O) groups is 1. The van der Waals surface area contributed by atoms with Gasteiger partial charge in [-0.1, -0.05) is 0 Å². The van der Waals surface area contributed by atoms with Crippen molar-refractivity contribution in [3.8, 4) is 0 Å². The van der Waals surface area contributed by atoms with Gasteiger partial charge in [0, 0.05) is 24.0 Å². The standard InChI is InChI=1S/C16H11FN6O/c17-14-10-3-1-6-18-12(10)5-4-11(14)15(24)20-9-13-21-16-19-7-2-8-23(16)22-13/h1-8H,9H2,(H,20,24). The highest BCUT2D eigenvalue weighted by Crippen LogP contribution is 2.19. The van der Waals surface area contributed by atoms with Crippen molar-refractivity contribution >= 4 is 22.6 Å². The number of halogens is 1. The maximum Gasteiger partial charge on any atom is 0.254 e. The molecule has 1 amide bonds. The Hall–Kier alpha value is -3.42. The van der Waals surface area contributed by atoms with E-state index < -0.39 is 11.7 Å². The third-order valence-electron chi connectivity index (χ3n) is 3.53. The van der Waals surface area contributed by atoms with E-state index in [4.69, 9.17) is 0 Å². The van der Waals surface area contributed by atoms with Gasteiger partial charge in [-0.2, -0.15) is 4.98 Å². The Balaban J connectivity index is 1.57. The summed E-state index contributed by atoms with van der Waals surface area (Å²) < 4.78 is 16.0. The van der Waals surface area contributed by atoms with Gasteiger partial charge in [0.15, 0.2) is 5.82 Å². The van der Waals surface area contributed by atoms with E-state index in [-0.39, 0.29) is 12.1 Å². The number of carbonyl (C=O) groups excluding carboxylic acids is 1. The molecule has 4 aromatic rings. The predicted octanol–water partition coefficient (Wildman–Crippen LogP) is 1.74. The second-order valence-electron chi connectivity index (χ2n) is 5.07. The van der Waals surface area contributed by atoms with Crippen LogP contribution in [-0.4, -0.2) is 30.5 Å². The first-order valence-corrected chi connectivity index (χ1v) is 7.20. The number of hydrogen-bond donors (Lipinski definition) is 1. The van der Waals surface area contributed by atoms with E-state index in [1.807, 2.05) is 0 Å². The number of benzene rings is 1. The van der Waals surface area contributed by atoms with Gasteiger partial charge >= 0.3 is 0 Å². The van der Waals surface area contributed by atoms with E-state index in [9.17, 15) is 9.18 Å². The lowest BCUT2D eigenvalue weighted by atomic mass is 10.1. The molecule has 0 aliphatic carbocycles. The van der Waals surface area contributed by atoms with Gasteiger partial charge in [-0.3, -0.25) is 9.78 Å². The highest BCUT2D eigenvalue weighted by atomic mass is 19.1. The molecule has 0 radical (unpaired) electrons. The lowest BCUT2D eigenvalue weighted by molar-refractivity contribution is 0.0946. The molecule has 3 heterocycles. The van der Waals surface area contributed by atoms with Crippen LogP contribution >= 0.6 is 0 Å². The second-order valence-corrected chi connectivity index (χ2v) is 5.07. The molecule has 4 rings (SSSR count). The van der Waals surface area contributed by atoms with Crippen LogP contribution in [0.25, 0.3) is 16.7 Å². The zero-order valence-electron chi connectivity index (χ0n) is 12.3. The van der Waals surface area contributed by atoms with Gasteiger partial charge in [-0.15, -0.1) is 5.10 Å². The minimum Gasteiger partial charge on any atom is -0.345 e. The normalized spacial score (nSPS) is 11.0. The average Bonchev–Trinajstić information content (AvgIpc) is 3.03. The maximum atomic E-state index is 14.5. The lowest BCUT2D eigenvalue weighted by Gasteiger charge is -2.06. The fourth-order valence-corrected chi connectivity index (χ4v) is 2.40. The fraction of sp³-hybridized carbons (Fsp3) is 0.0625. The summed E-state index contributed by atoms with van der Waals surface area (Å²) in [6.45, 7) is 0.0761. The third kappa shape index (κ3) is 2.43. The topological polar surface area (TPSA) is 85.1 Å². The summed E-state index contributed by atoms with van der Waals surface area (Å²) in [4.78, 5) is 24.5. The fourth-order valence-electron chi connectivity index (χ4n) is 2.40.